The predicted octanol–water partition coefficient (Wildman–Crippen LogP) is 5.59. The van der Waals surface area contributed by atoms with Crippen LogP contribution in [-0.2, 0) is 16.1 Å². The standard InChI is InChI=1S/C25H28F2N2O3/c1-13-9-18-20(15-10-16(26)12-17(27)11-15)19(23(24(30)31)32-25(3,4)5)14(2)21-22(18)29(13)8-7-28(21)6/h9-12,23H,7-8H2,1-6H3,(H,30,31)/t23-/m0/s1. The minimum Gasteiger partial charge on any atom is -0.479 e. The first-order valence-electron chi connectivity index (χ1n) is 10.6. The molecular formula is C25H28F2N2O3. The van der Waals surface area contributed by atoms with Gasteiger partial charge in [-0.15, -0.1) is 0 Å². The number of ether oxygens (including phenoxy) is 1. The number of rotatable bonds is 4. The Morgan fingerprint density at radius 3 is 2.28 bits per heavy atom. The molecule has 2 aromatic carbocycles. The summed E-state index contributed by atoms with van der Waals surface area (Å²) in [6.45, 7) is 10.7. The van der Waals surface area contributed by atoms with Crippen molar-refractivity contribution in [1.82, 2.24) is 4.57 Å². The van der Waals surface area contributed by atoms with Gasteiger partial charge in [-0.05, 0) is 69.5 Å². The molecule has 0 fully saturated rings. The summed E-state index contributed by atoms with van der Waals surface area (Å²) in [6, 6.07) is 5.28. The van der Waals surface area contributed by atoms with E-state index in [2.05, 4.69) is 9.47 Å². The highest BCUT2D eigenvalue weighted by Gasteiger charge is 2.35. The van der Waals surface area contributed by atoms with E-state index in [0.29, 0.717) is 16.7 Å². The summed E-state index contributed by atoms with van der Waals surface area (Å²) in [6.07, 6.45) is -1.31. The van der Waals surface area contributed by atoms with Gasteiger partial charge in [0.1, 0.15) is 11.6 Å². The summed E-state index contributed by atoms with van der Waals surface area (Å²) in [5.41, 5.74) is 4.05. The van der Waals surface area contributed by atoms with Gasteiger partial charge in [0.25, 0.3) is 0 Å². The summed E-state index contributed by atoms with van der Waals surface area (Å²) in [7, 11) is 1.97. The number of anilines is 1. The van der Waals surface area contributed by atoms with Crippen LogP contribution in [0, 0.1) is 25.5 Å². The Kier molecular flexibility index (Phi) is 5.28. The van der Waals surface area contributed by atoms with Gasteiger partial charge in [0.2, 0.25) is 0 Å². The van der Waals surface area contributed by atoms with Crippen LogP contribution < -0.4 is 4.90 Å². The summed E-state index contributed by atoms with van der Waals surface area (Å²) >= 11 is 0. The zero-order valence-corrected chi connectivity index (χ0v) is 19.2. The van der Waals surface area contributed by atoms with Crippen molar-refractivity contribution >= 4 is 22.6 Å². The number of likely N-dealkylation sites (N-methyl/N-ethyl adjacent to an activating group) is 1. The van der Waals surface area contributed by atoms with Crippen LogP contribution in [-0.4, -0.2) is 34.8 Å². The molecule has 1 atom stereocenters. The lowest BCUT2D eigenvalue weighted by atomic mass is 9.87. The molecule has 0 aliphatic carbocycles. The van der Waals surface area contributed by atoms with Gasteiger partial charge in [-0.3, -0.25) is 0 Å². The molecule has 0 radical (unpaired) electrons. The van der Waals surface area contributed by atoms with Crippen LogP contribution in [0.5, 0.6) is 0 Å². The topological polar surface area (TPSA) is 54.7 Å². The highest BCUT2D eigenvalue weighted by molar-refractivity contribution is 6.07. The largest absolute Gasteiger partial charge is 0.479 e. The Morgan fingerprint density at radius 2 is 1.72 bits per heavy atom. The number of nitrogens with zero attached hydrogens (tertiary/aromatic N) is 2. The van der Waals surface area contributed by atoms with Crippen molar-refractivity contribution in [2.45, 2.75) is 52.9 Å². The molecule has 170 valence electrons. The molecule has 0 bridgehead atoms. The number of aryl methyl sites for hydroxylation is 1. The normalized spacial score (nSPS) is 14.8. The Bertz CT molecular complexity index is 1220. The molecule has 4 rings (SSSR count). The van der Waals surface area contributed by atoms with E-state index in [1.54, 1.807) is 20.8 Å². The van der Waals surface area contributed by atoms with Crippen molar-refractivity contribution in [3.8, 4) is 11.1 Å². The first-order chi connectivity index (χ1) is 14.9. The Hall–Kier alpha value is -2.93. The van der Waals surface area contributed by atoms with Gasteiger partial charge < -0.3 is 19.3 Å². The molecule has 1 aliphatic heterocycles. The molecule has 7 heteroatoms. The van der Waals surface area contributed by atoms with Crippen molar-refractivity contribution < 1.29 is 23.4 Å². The molecule has 1 aliphatic rings. The third kappa shape index (κ3) is 3.64. The van der Waals surface area contributed by atoms with Gasteiger partial charge in [0, 0.05) is 42.8 Å². The second kappa shape index (κ2) is 7.59. The zero-order valence-electron chi connectivity index (χ0n) is 19.2. The van der Waals surface area contributed by atoms with Gasteiger partial charge in [0.05, 0.1) is 16.8 Å². The number of carbonyl (C=O) groups is 1. The maximum absolute atomic E-state index is 14.3. The van der Waals surface area contributed by atoms with Crippen LogP contribution >= 0.6 is 0 Å². The quantitative estimate of drug-likeness (QED) is 0.572. The van der Waals surface area contributed by atoms with E-state index in [1.807, 2.05) is 27.0 Å². The van der Waals surface area contributed by atoms with Crippen LogP contribution in [0.1, 0.15) is 43.7 Å². The fourth-order valence-electron chi connectivity index (χ4n) is 4.80. The number of carboxylic acid groups (broad SMARTS) is 1. The van der Waals surface area contributed by atoms with Crippen molar-refractivity contribution in [3.63, 3.8) is 0 Å². The average molecular weight is 443 g/mol. The minimum absolute atomic E-state index is 0.293. The molecule has 3 aromatic rings. The average Bonchev–Trinajstić information content (AvgIpc) is 2.98. The minimum atomic E-state index is -1.31. The van der Waals surface area contributed by atoms with Crippen LogP contribution in [0.4, 0.5) is 14.5 Å². The number of aromatic nitrogens is 1. The van der Waals surface area contributed by atoms with Gasteiger partial charge >= 0.3 is 5.97 Å². The number of hydrogen-bond donors (Lipinski definition) is 1. The van der Waals surface area contributed by atoms with E-state index in [0.717, 1.165) is 47.0 Å². The fourth-order valence-corrected chi connectivity index (χ4v) is 4.80. The highest BCUT2D eigenvalue weighted by atomic mass is 19.1. The lowest BCUT2D eigenvalue weighted by Crippen LogP contribution is -2.31. The monoisotopic (exact) mass is 442 g/mol. The van der Waals surface area contributed by atoms with E-state index in [4.69, 9.17) is 4.74 Å². The van der Waals surface area contributed by atoms with E-state index in [-0.39, 0.29) is 0 Å². The number of benzene rings is 2. The number of halogens is 2. The van der Waals surface area contributed by atoms with Crippen LogP contribution in [0.25, 0.3) is 22.0 Å². The van der Waals surface area contributed by atoms with Crippen LogP contribution in [0.3, 0.4) is 0 Å². The molecule has 0 amide bonds. The smallest absolute Gasteiger partial charge is 0.337 e. The molecule has 5 nitrogen and oxygen atoms in total. The third-order valence-electron chi connectivity index (χ3n) is 5.98. The van der Waals surface area contributed by atoms with Gasteiger partial charge in [-0.25, -0.2) is 13.6 Å². The Labute approximate surface area is 186 Å². The Balaban J connectivity index is 2.19. The molecule has 32 heavy (non-hydrogen) atoms. The molecule has 0 saturated carbocycles. The summed E-state index contributed by atoms with van der Waals surface area (Å²) < 4.78 is 36.8. The first kappa shape index (κ1) is 22.3. The molecule has 0 spiro atoms. The molecule has 1 aromatic heterocycles. The van der Waals surface area contributed by atoms with Gasteiger partial charge in [0.15, 0.2) is 6.10 Å². The molecule has 0 unspecified atom stereocenters. The van der Waals surface area contributed by atoms with E-state index < -0.39 is 29.3 Å². The van der Waals surface area contributed by atoms with Crippen molar-refractivity contribution in [2.75, 3.05) is 18.5 Å². The Morgan fingerprint density at radius 1 is 1.09 bits per heavy atom. The lowest BCUT2D eigenvalue weighted by molar-refractivity contribution is -0.160. The molecule has 0 saturated heterocycles. The van der Waals surface area contributed by atoms with Crippen molar-refractivity contribution in [2.24, 2.45) is 0 Å². The van der Waals surface area contributed by atoms with E-state index in [1.165, 1.54) is 12.1 Å². The van der Waals surface area contributed by atoms with Gasteiger partial charge in [-0.1, -0.05) is 0 Å². The van der Waals surface area contributed by atoms with Crippen LogP contribution in [0.15, 0.2) is 24.3 Å². The maximum atomic E-state index is 14.3. The molecule has 2 heterocycles. The van der Waals surface area contributed by atoms with Gasteiger partial charge in [-0.2, -0.15) is 0 Å². The maximum Gasteiger partial charge on any atom is 0.337 e. The predicted molar refractivity (Wildman–Crippen MR) is 121 cm³/mol. The molecular weight excluding hydrogens is 414 g/mol. The third-order valence-corrected chi connectivity index (χ3v) is 5.98. The fraction of sp³-hybridized carbons (Fsp3) is 0.400. The number of aliphatic carboxylic acids is 1. The summed E-state index contributed by atoms with van der Waals surface area (Å²) in [4.78, 5) is 14.6. The zero-order chi connectivity index (χ0) is 23.5. The number of hydrogen-bond acceptors (Lipinski definition) is 3. The second-order valence-electron chi connectivity index (χ2n) is 9.49. The van der Waals surface area contributed by atoms with E-state index >= 15 is 0 Å². The molecule has 1 N–H and O–H groups in total. The second-order valence-corrected chi connectivity index (χ2v) is 9.49. The SMILES string of the molecule is Cc1c([C@H](OC(C)(C)C)C(=O)O)c(-c2cc(F)cc(F)c2)c2cc(C)n3c2c1N(C)CC3. The summed E-state index contributed by atoms with van der Waals surface area (Å²) in [5.74, 6) is -2.59. The highest BCUT2D eigenvalue weighted by Crippen LogP contribution is 2.47. The van der Waals surface area contributed by atoms with E-state index in [9.17, 15) is 18.7 Å². The number of carboxylic acids is 1. The van der Waals surface area contributed by atoms with Crippen LogP contribution in [0.2, 0.25) is 0 Å². The summed E-state index contributed by atoms with van der Waals surface area (Å²) in [5, 5.41) is 10.9. The lowest BCUT2D eigenvalue weighted by Gasteiger charge is -2.34. The first-order valence-corrected chi connectivity index (χ1v) is 10.6. The van der Waals surface area contributed by atoms with Crippen molar-refractivity contribution in [3.05, 3.63) is 52.7 Å². The van der Waals surface area contributed by atoms with Crippen molar-refractivity contribution in [1.29, 1.82) is 0 Å².